The van der Waals surface area contributed by atoms with Crippen molar-refractivity contribution in [3.63, 3.8) is 0 Å². The second-order valence-corrected chi connectivity index (χ2v) is 5.65. The van der Waals surface area contributed by atoms with Crippen LogP contribution in [0, 0.1) is 6.92 Å². The maximum atomic E-state index is 5.69. The van der Waals surface area contributed by atoms with Crippen molar-refractivity contribution >= 4 is 23.4 Å². The van der Waals surface area contributed by atoms with Gasteiger partial charge in [-0.1, -0.05) is 12.1 Å². The SMILES string of the molecule is COCCNc1nccc(Nc2ccc(-c3nc(N)ncc3C)cc2)n1. The Balaban J connectivity index is 1.71. The van der Waals surface area contributed by atoms with Crippen LogP contribution in [0.2, 0.25) is 0 Å². The molecule has 8 nitrogen and oxygen atoms in total. The van der Waals surface area contributed by atoms with Crippen LogP contribution in [0.25, 0.3) is 11.3 Å². The molecule has 0 bridgehead atoms. The minimum atomic E-state index is 0.266. The largest absolute Gasteiger partial charge is 0.383 e. The predicted molar refractivity (Wildman–Crippen MR) is 102 cm³/mol. The molecule has 1 aromatic carbocycles. The molecule has 0 amide bonds. The van der Waals surface area contributed by atoms with Gasteiger partial charge in [-0.2, -0.15) is 4.98 Å². The normalized spacial score (nSPS) is 10.5. The fraction of sp³-hybridized carbons (Fsp3) is 0.222. The molecule has 0 radical (unpaired) electrons. The van der Waals surface area contributed by atoms with E-state index >= 15 is 0 Å². The average Bonchev–Trinajstić information content (AvgIpc) is 2.65. The van der Waals surface area contributed by atoms with Crippen molar-refractivity contribution in [1.82, 2.24) is 19.9 Å². The molecule has 3 aromatic rings. The van der Waals surface area contributed by atoms with E-state index in [9.17, 15) is 0 Å². The van der Waals surface area contributed by atoms with Gasteiger partial charge < -0.3 is 21.1 Å². The average molecular weight is 351 g/mol. The van der Waals surface area contributed by atoms with E-state index in [1.165, 1.54) is 0 Å². The first-order valence-corrected chi connectivity index (χ1v) is 8.18. The summed E-state index contributed by atoms with van der Waals surface area (Å²) in [5.41, 5.74) is 9.39. The third kappa shape index (κ3) is 4.42. The van der Waals surface area contributed by atoms with Crippen LogP contribution >= 0.6 is 0 Å². The Morgan fingerprint density at radius 3 is 2.65 bits per heavy atom. The van der Waals surface area contributed by atoms with Crippen LogP contribution in [-0.2, 0) is 4.74 Å². The van der Waals surface area contributed by atoms with Crippen LogP contribution in [0.5, 0.6) is 0 Å². The number of nitrogen functional groups attached to an aromatic ring is 1. The Bertz CT molecular complexity index is 868. The van der Waals surface area contributed by atoms with Gasteiger partial charge in [0, 0.05) is 37.3 Å². The molecule has 0 spiro atoms. The number of aryl methyl sites for hydroxylation is 1. The van der Waals surface area contributed by atoms with Crippen molar-refractivity contribution in [3.05, 3.63) is 48.3 Å². The predicted octanol–water partition coefficient (Wildman–Crippen LogP) is 2.63. The van der Waals surface area contributed by atoms with Gasteiger partial charge in [-0.15, -0.1) is 0 Å². The summed E-state index contributed by atoms with van der Waals surface area (Å²) in [4.78, 5) is 16.9. The Morgan fingerprint density at radius 2 is 1.88 bits per heavy atom. The van der Waals surface area contributed by atoms with Gasteiger partial charge >= 0.3 is 0 Å². The van der Waals surface area contributed by atoms with Crippen molar-refractivity contribution in [2.45, 2.75) is 6.92 Å². The number of hydrogen-bond donors (Lipinski definition) is 3. The third-order valence-corrected chi connectivity index (χ3v) is 3.67. The zero-order valence-electron chi connectivity index (χ0n) is 14.7. The molecule has 0 atom stereocenters. The topological polar surface area (TPSA) is 111 Å². The molecule has 0 fully saturated rings. The molecule has 0 unspecified atom stereocenters. The molecule has 2 heterocycles. The number of methoxy groups -OCH3 is 1. The first-order valence-electron chi connectivity index (χ1n) is 8.18. The van der Waals surface area contributed by atoms with Crippen molar-refractivity contribution in [2.24, 2.45) is 0 Å². The van der Waals surface area contributed by atoms with Crippen LogP contribution < -0.4 is 16.4 Å². The van der Waals surface area contributed by atoms with E-state index < -0.39 is 0 Å². The number of nitrogens with one attached hydrogen (secondary N) is 2. The van der Waals surface area contributed by atoms with Gasteiger partial charge in [0.1, 0.15) is 5.82 Å². The molecule has 134 valence electrons. The zero-order valence-corrected chi connectivity index (χ0v) is 14.7. The van der Waals surface area contributed by atoms with Gasteiger partial charge in [-0.3, -0.25) is 0 Å². The highest BCUT2D eigenvalue weighted by molar-refractivity contribution is 5.67. The molecule has 0 aliphatic carbocycles. The third-order valence-electron chi connectivity index (χ3n) is 3.67. The van der Waals surface area contributed by atoms with E-state index in [1.807, 2.05) is 37.3 Å². The Hall–Kier alpha value is -3.26. The number of benzene rings is 1. The van der Waals surface area contributed by atoms with Crippen LogP contribution in [0.1, 0.15) is 5.56 Å². The molecular weight excluding hydrogens is 330 g/mol. The summed E-state index contributed by atoms with van der Waals surface area (Å²) in [5.74, 6) is 1.52. The quantitative estimate of drug-likeness (QED) is 0.557. The molecule has 3 rings (SSSR count). The van der Waals surface area contributed by atoms with Crippen molar-refractivity contribution in [2.75, 3.05) is 36.6 Å². The first-order chi connectivity index (χ1) is 12.7. The molecule has 8 heteroatoms. The zero-order chi connectivity index (χ0) is 18.4. The van der Waals surface area contributed by atoms with Crippen molar-refractivity contribution in [1.29, 1.82) is 0 Å². The van der Waals surface area contributed by atoms with E-state index in [0.717, 1.165) is 22.5 Å². The standard InChI is InChI=1S/C18H21N7O/c1-12-11-22-17(19)25-16(12)13-3-5-14(6-4-13)23-15-7-8-20-18(24-15)21-9-10-26-2/h3-8,11H,9-10H2,1-2H3,(H2,19,22,25)(H2,20,21,23,24). The Labute approximate surface area is 151 Å². The van der Waals surface area contributed by atoms with Crippen LogP contribution in [0.15, 0.2) is 42.7 Å². The van der Waals surface area contributed by atoms with E-state index in [4.69, 9.17) is 10.5 Å². The lowest BCUT2D eigenvalue weighted by molar-refractivity contribution is 0.210. The molecule has 0 saturated carbocycles. The van der Waals surface area contributed by atoms with Gasteiger partial charge in [0.2, 0.25) is 11.9 Å². The summed E-state index contributed by atoms with van der Waals surface area (Å²) in [6.07, 6.45) is 3.43. The van der Waals surface area contributed by atoms with E-state index in [1.54, 1.807) is 19.5 Å². The van der Waals surface area contributed by atoms with Crippen LogP contribution in [0.3, 0.4) is 0 Å². The molecule has 4 N–H and O–H groups in total. The maximum absolute atomic E-state index is 5.69. The molecule has 26 heavy (non-hydrogen) atoms. The number of hydrogen-bond acceptors (Lipinski definition) is 8. The Morgan fingerprint density at radius 1 is 1.08 bits per heavy atom. The highest BCUT2D eigenvalue weighted by atomic mass is 16.5. The van der Waals surface area contributed by atoms with Crippen molar-refractivity contribution < 1.29 is 4.74 Å². The van der Waals surface area contributed by atoms with Crippen LogP contribution in [0.4, 0.5) is 23.4 Å². The fourth-order valence-corrected chi connectivity index (χ4v) is 2.39. The van der Waals surface area contributed by atoms with Gasteiger partial charge in [0.25, 0.3) is 0 Å². The van der Waals surface area contributed by atoms with Crippen molar-refractivity contribution in [3.8, 4) is 11.3 Å². The summed E-state index contributed by atoms with van der Waals surface area (Å²) in [6.45, 7) is 3.20. The highest BCUT2D eigenvalue weighted by Crippen LogP contribution is 2.24. The number of anilines is 4. The molecular formula is C18H21N7O. The van der Waals surface area contributed by atoms with Crippen LogP contribution in [-0.4, -0.2) is 40.2 Å². The fourth-order valence-electron chi connectivity index (χ4n) is 2.39. The lowest BCUT2D eigenvalue weighted by Crippen LogP contribution is -2.10. The molecule has 0 aliphatic heterocycles. The van der Waals surface area contributed by atoms with Gasteiger partial charge in [0.05, 0.1) is 12.3 Å². The second-order valence-electron chi connectivity index (χ2n) is 5.65. The smallest absolute Gasteiger partial charge is 0.224 e. The maximum Gasteiger partial charge on any atom is 0.224 e. The van der Waals surface area contributed by atoms with Gasteiger partial charge in [-0.05, 0) is 30.7 Å². The summed E-state index contributed by atoms with van der Waals surface area (Å²) in [5, 5.41) is 6.36. The molecule has 0 saturated heterocycles. The monoisotopic (exact) mass is 351 g/mol. The lowest BCUT2D eigenvalue weighted by Gasteiger charge is -2.10. The summed E-state index contributed by atoms with van der Waals surface area (Å²) >= 11 is 0. The summed E-state index contributed by atoms with van der Waals surface area (Å²) in [6, 6.07) is 9.71. The molecule has 0 aliphatic rings. The van der Waals surface area contributed by atoms with Gasteiger partial charge in [0.15, 0.2) is 0 Å². The number of rotatable bonds is 7. The first kappa shape index (κ1) is 17.6. The van der Waals surface area contributed by atoms with Gasteiger partial charge in [-0.25, -0.2) is 15.0 Å². The van der Waals surface area contributed by atoms with E-state index in [-0.39, 0.29) is 5.95 Å². The minimum absolute atomic E-state index is 0.266. The van der Waals surface area contributed by atoms with E-state index in [0.29, 0.717) is 24.9 Å². The minimum Gasteiger partial charge on any atom is -0.383 e. The Kier molecular flexibility index (Phi) is 5.55. The second kappa shape index (κ2) is 8.21. The summed E-state index contributed by atoms with van der Waals surface area (Å²) < 4.78 is 5.00. The number of nitrogens with zero attached hydrogens (tertiary/aromatic N) is 4. The molecule has 2 aromatic heterocycles. The van der Waals surface area contributed by atoms with E-state index in [2.05, 4.69) is 30.6 Å². The summed E-state index contributed by atoms with van der Waals surface area (Å²) in [7, 11) is 1.65. The number of ether oxygens (including phenoxy) is 1. The number of aromatic nitrogens is 4. The number of nitrogens with two attached hydrogens (primary N) is 1. The lowest BCUT2D eigenvalue weighted by atomic mass is 10.1. The highest BCUT2D eigenvalue weighted by Gasteiger charge is 2.06.